The number of hydrogen-bond acceptors (Lipinski definition) is 2. The van der Waals surface area contributed by atoms with Crippen LogP contribution >= 0.6 is 0 Å². The summed E-state index contributed by atoms with van der Waals surface area (Å²) < 4.78 is 4.95. The van der Waals surface area contributed by atoms with Crippen molar-refractivity contribution in [1.29, 1.82) is 0 Å². The molecule has 0 aliphatic heterocycles. The van der Waals surface area contributed by atoms with Crippen molar-refractivity contribution in [3.8, 4) is 0 Å². The van der Waals surface area contributed by atoms with Crippen LogP contribution in [0.5, 0.6) is 0 Å². The van der Waals surface area contributed by atoms with Gasteiger partial charge in [-0.2, -0.15) is 0 Å². The molecule has 92 valence electrons. The van der Waals surface area contributed by atoms with Gasteiger partial charge in [0.2, 0.25) is 0 Å². The Kier molecular flexibility index (Phi) is 4.95. The second-order valence-corrected chi connectivity index (χ2v) is 4.60. The first-order valence-electron chi connectivity index (χ1n) is 5.89. The van der Waals surface area contributed by atoms with Crippen LogP contribution in [0.3, 0.4) is 0 Å². The summed E-state index contributed by atoms with van der Waals surface area (Å²) in [6, 6.07) is 8.41. The van der Waals surface area contributed by atoms with E-state index in [0.29, 0.717) is 12.5 Å². The molecule has 0 spiro atoms. The van der Waals surface area contributed by atoms with Gasteiger partial charge in [-0.3, -0.25) is 4.79 Å². The van der Waals surface area contributed by atoms with Crippen LogP contribution in [0.2, 0.25) is 0 Å². The molecule has 0 atom stereocenters. The monoisotopic (exact) mass is 232 g/mol. The lowest BCUT2D eigenvalue weighted by atomic mass is 10.0. The van der Waals surface area contributed by atoms with E-state index in [0.717, 1.165) is 11.1 Å². The number of benzene rings is 1. The van der Waals surface area contributed by atoms with Gasteiger partial charge < -0.3 is 4.74 Å². The van der Waals surface area contributed by atoms with Crippen molar-refractivity contribution in [3.63, 3.8) is 0 Å². The number of ether oxygens (including phenoxy) is 1. The SMILES string of the molecule is CC(=O)OCC(C)=Cc1cccc(C(C)C)c1. The number of esters is 1. The summed E-state index contributed by atoms with van der Waals surface area (Å²) in [6.45, 7) is 8.10. The van der Waals surface area contributed by atoms with Crippen molar-refractivity contribution in [3.05, 3.63) is 41.0 Å². The van der Waals surface area contributed by atoms with E-state index in [1.807, 2.05) is 6.92 Å². The van der Waals surface area contributed by atoms with Crippen molar-refractivity contribution < 1.29 is 9.53 Å². The lowest BCUT2D eigenvalue weighted by molar-refractivity contribution is -0.139. The third-order valence-electron chi connectivity index (χ3n) is 2.49. The highest BCUT2D eigenvalue weighted by atomic mass is 16.5. The maximum absolute atomic E-state index is 10.7. The Labute approximate surface area is 103 Å². The highest BCUT2D eigenvalue weighted by Crippen LogP contribution is 2.17. The van der Waals surface area contributed by atoms with Crippen LogP contribution in [0.4, 0.5) is 0 Å². The van der Waals surface area contributed by atoms with E-state index >= 15 is 0 Å². The standard InChI is InChI=1S/C15H20O2/c1-11(2)15-7-5-6-14(9-15)8-12(3)10-17-13(4)16/h5-9,11H,10H2,1-4H3. The molecule has 0 amide bonds. The molecule has 0 fully saturated rings. The minimum Gasteiger partial charge on any atom is -0.461 e. The average Bonchev–Trinajstić information content (AvgIpc) is 2.26. The molecule has 2 nitrogen and oxygen atoms in total. The summed E-state index contributed by atoms with van der Waals surface area (Å²) in [5, 5.41) is 0. The van der Waals surface area contributed by atoms with Gasteiger partial charge >= 0.3 is 5.97 Å². The first-order valence-corrected chi connectivity index (χ1v) is 5.89. The van der Waals surface area contributed by atoms with E-state index in [1.54, 1.807) is 0 Å². The van der Waals surface area contributed by atoms with Gasteiger partial charge in [-0.25, -0.2) is 0 Å². The van der Waals surface area contributed by atoms with Gasteiger partial charge in [0.25, 0.3) is 0 Å². The Morgan fingerprint density at radius 1 is 1.35 bits per heavy atom. The smallest absolute Gasteiger partial charge is 0.302 e. The van der Waals surface area contributed by atoms with E-state index in [9.17, 15) is 4.79 Å². The Hall–Kier alpha value is -1.57. The molecule has 0 unspecified atom stereocenters. The van der Waals surface area contributed by atoms with Crippen molar-refractivity contribution >= 4 is 12.0 Å². The molecule has 0 aliphatic rings. The summed E-state index contributed by atoms with van der Waals surface area (Å²) in [5.41, 5.74) is 3.51. The van der Waals surface area contributed by atoms with Crippen molar-refractivity contribution in [1.82, 2.24) is 0 Å². The third-order valence-corrected chi connectivity index (χ3v) is 2.49. The zero-order valence-electron chi connectivity index (χ0n) is 11.0. The molecule has 0 aromatic heterocycles. The molecule has 0 heterocycles. The molecule has 1 aromatic carbocycles. The normalized spacial score (nSPS) is 11.7. The molecule has 0 saturated carbocycles. The summed E-state index contributed by atoms with van der Waals surface area (Å²) in [7, 11) is 0. The van der Waals surface area contributed by atoms with E-state index in [1.165, 1.54) is 12.5 Å². The van der Waals surface area contributed by atoms with Gasteiger partial charge in [0.15, 0.2) is 0 Å². The Bertz CT molecular complexity index is 417. The zero-order chi connectivity index (χ0) is 12.8. The van der Waals surface area contributed by atoms with Crippen molar-refractivity contribution in [2.24, 2.45) is 0 Å². The van der Waals surface area contributed by atoms with Gasteiger partial charge in [0.1, 0.15) is 6.61 Å². The maximum atomic E-state index is 10.7. The van der Waals surface area contributed by atoms with Gasteiger partial charge in [-0.15, -0.1) is 0 Å². The summed E-state index contributed by atoms with van der Waals surface area (Å²) in [5.74, 6) is 0.283. The van der Waals surface area contributed by atoms with Crippen LogP contribution in [0.15, 0.2) is 29.8 Å². The third kappa shape index (κ3) is 4.85. The highest BCUT2D eigenvalue weighted by molar-refractivity contribution is 5.66. The van der Waals surface area contributed by atoms with Crippen LogP contribution in [0.1, 0.15) is 44.7 Å². The molecule has 1 aromatic rings. The molecule has 0 saturated heterocycles. The lowest BCUT2D eigenvalue weighted by Gasteiger charge is -2.07. The molecule has 0 aliphatic carbocycles. The van der Waals surface area contributed by atoms with Crippen LogP contribution in [0, 0.1) is 0 Å². The fourth-order valence-electron chi connectivity index (χ4n) is 1.55. The predicted molar refractivity (Wildman–Crippen MR) is 70.8 cm³/mol. The topological polar surface area (TPSA) is 26.3 Å². The van der Waals surface area contributed by atoms with Gasteiger partial charge in [-0.05, 0) is 29.5 Å². The molecule has 1 rings (SSSR count). The predicted octanol–water partition coefficient (Wildman–Crippen LogP) is 3.78. The molecule has 0 N–H and O–H groups in total. The second kappa shape index (κ2) is 6.24. The second-order valence-electron chi connectivity index (χ2n) is 4.60. The average molecular weight is 232 g/mol. The minimum atomic E-state index is -0.242. The number of rotatable bonds is 4. The first-order chi connectivity index (χ1) is 7.99. The van der Waals surface area contributed by atoms with E-state index < -0.39 is 0 Å². The molecule has 17 heavy (non-hydrogen) atoms. The quantitative estimate of drug-likeness (QED) is 0.738. The maximum Gasteiger partial charge on any atom is 0.302 e. The lowest BCUT2D eigenvalue weighted by Crippen LogP contribution is -2.01. The summed E-state index contributed by atoms with van der Waals surface area (Å²) in [4.78, 5) is 10.7. The highest BCUT2D eigenvalue weighted by Gasteiger charge is 2.00. The van der Waals surface area contributed by atoms with Gasteiger partial charge in [0.05, 0.1) is 0 Å². The molecule has 0 radical (unpaired) electrons. The minimum absolute atomic E-state index is 0.242. The van der Waals surface area contributed by atoms with E-state index in [2.05, 4.69) is 44.2 Å². The Balaban J connectivity index is 2.75. The van der Waals surface area contributed by atoms with Crippen LogP contribution < -0.4 is 0 Å². The fourth-order valence-corrected chi connectivity index (χ4v) is 1.55. The number of carbonyl (C=O) groups excluding carboxylic acids is 1. The van der Waals surface area contributed by atoms with Crippen molar-refractivity contribution in [2.45, 2.75) is 33.6 Å². The Morgan fingerprint density at radius 2 is 2.06 bits per heavy atom. The zero-order valence-corrected chi connectivity index (χ0v) is 11.0. The summed E-state index contributed by atoms with van der Waals surface area (Å²) in [6.07, 6.45) is 2.05. The number of carbonyl (C=O) groups is 1. The van der Waals surface area contributed by atoms with Crippen molar-refractivity contribution in [2.75, 3.05) is 6.61 Å². The Morgan fingerprint density at radius 3 is 2.65 bits per heavy atom. The van der Waals surface area contributed by atoms with Crippen LogP contribution in [0.25, 0.3) is 6.08 Å². The molecule has 0 bridgehead atoms. The summed E-state index contributed by atoms with van der Waals surface area (Å²) >= 11 is 0. The van der Waals surface area contributed by atoms with Crippen LogP contribution in [-0.4, -0.2) is 12.6 Å². The van der Waals surface area contributed by atoms with Gasteiger partial charge in [0, 0.05) is 6.92 Å². The van der Waals surface area contributed by atoms with Gasteiger partial charge in [-0.1, -0.05) is 44.2 Å². The largest absolute Gasteiger partial charge is 0.461 e. The molecular weight excluding hydrogens is 212 g/mol. The molecule has 2 heteroatoms. The first kappa shape index (κ1) is 13.5. The molecular formula is C15H20O2. The van der Waals surface area contributed by atoms with E-state index in [-0.39, 0.29) is 5.97 Å². The number of hydrogen-bond donors (Lipinski definition) is 0. The van der Waals surface area contributed by atoms with E-state index in [4.69, 9.17) is 4.74 Å². The fraction of sp³-hybridized carbons (Fsp3) is 0.400. The van der Waals surface area contributed by atoms with Crippen LogP contribution in [-0.2, 0) is 9.53 Å².